The first-order chi connectivity index (χ1) is 5.36. The van der Waals surface area contributed by atoms with Crippen molar-refractivity contribution in [1.82, 2.24) is 4.98 Å². The molecule has 60 valence electrons. The Labute approximate surface area is 66.0 Å². The Morgan fingerprint density at radius 2 is 2.18 bits per heavy atom. The molecule has 0 unspecified atom stereocenters. The molecule has 0 aromatic carbocycles. The van der Waals surface area contributed by atoms with Crippen LogP contribution in [0.2, 0.25) is 0 Å². The molecule has 0 amide bonds. The molecule has 1 saturated heterocycles. The van der Waals surface area contributed by atoms with E-state index in [9.17, 15) is 0 Å². The summed E-state index contributed by atoms with van der Waals surface area (Å²) >= 11 is 0. The highest BCUT2D eigenvalue weighted by molar-refractivity contribution is 5.27. The molecule has 0 atom stereocenters. The maximum atomic E-state index is 5.26. The van der Waals surface area contributed by atoms with Crippen LogP contribution in [-0.4, -0.2) is 18.1 Å². The molecule has 3 nitrogen and oxygen atoms in total. The summed E-state index contributed by atoms with van der Waals surface area (Å²) in [7, 11) is 0. The Morgan fingerprint density at radius 3 is 2.73 bits per heavy atom. The number of oxazole rings is 1. The van der Waals surface area contributed by atoms with E-state index in [2.05, 4.69) is 9.88 Å². The van der Waals surface area contributed by atoms with Crippen LogP contribution in [0.4, 0.5) is 6.01 Å². The van der Waals surface area contributed by atoms with Crippen molar-refractivity contribution in [3.63, 3.8) is 0 Å². The van der Waals surface area contributed by atoms with Gasteiger partial charge in [-0.2, -0.15) is 4.98 Å². The van der Waals surface area contributed by atoms with Crippen molar-refractivity contribution < 1.29 is 4.42 Å². The van der Waals surface area contributed by atoms with Crippen molar-refractivity contribution in [3.05, 3.63) is 12.0 Å². The SMILES string of the molecule is Cc1coc(N2CCCC2)n1. The molecule has 2 heterocycles. The number of rotatable bonds is 1. The van der Waals surface area contributed by atoms with Crippen LogP contribution in [0.25, 0.3) is 0 Å². The zero-order valence-corrected chi connectivity index (χ0v) is 6.71. The molecule has 1 aliphatic rings. The fourth-order valence-corrected chi connectivity index (χ4v) is 1.40. The average Bonchev–Trinajstić information content (AvgIpc) is 2.55. The number of aryl methyl sites for hydroxylation is 1. The van der Waals surface area contributed by atoms with Gasteiger partial charge in [0.15, 0.2) is 0 Å². The van der Waals surface area contributed by atoms with Gasteiger partial charge >= 0.3 is 0 Å². The van der Waals surface area contributed by atoms with Crippen molar-refractivity contribution in [3.8, 4) is 0 Å². The molecule has 1 aromatic rings. The lowest BCUT2D eigenvalue weighted by Crippen LogP contribution is -2.17. The molecule has 0 saturated carbocycles. The molecule has 11 heavy (non-hydrogen) atoms. The largest absolute Gasteiger partial charge is 0.432 e. The smallest absolute Gasteiger partial charge is 0.297 e. The molecule has 1 aromatic heterocycles. The summed E-state index contributed by atoms with van der Waals surface area (Å²) in [6.07, 6.45) is 4.23. The summed E-state index contributed by atoms with van der Waals surface area (Å²) in [6.45, 7) is 4.14. The number of aromatic nitrogens is 1. The third-order valence-electron chi connectivity index (χ3n) is 1.98. The van der Waals surface area contributed by atoms with Gasteiger partial charge in [-0.1, -0.05) is 0 Å². The van der Waals surface area contributed by atoms with Crippen molar-refractivity contribution >= 4 is 6.01 Å². The number of hydrogen-bond donors (Lipinski definition) is 0. The van der Waals surface area contributed by atoms with Crippen molar-refractivity contribution in [2.24, 2.45) is 0 Å². The van der Waals surface area contributed by atoms with Crippen molar-refractivity contribution in [1.29, 1.82) is 0 Å². The third kappa shape index (κ3) is 1.23. The van der Waals surface area contributed by atoms with Gasteiger partial charge in [-0.05, 0) is 19.8 Å². The molecule has 0 N–H and O–H groups in total. The summed E-state index contributed by atoms with van der Waals surface area (Å²) < 4.78 is 5.26. The van der Waals surface area contributed by atoms with E-state index in [1.54, 1.807) is 6.26 Å². The fourth-order valence-electron chi connectivity index (χ4n) is 1.40. The Morgan fingerprint density at radius 1 is 1.45 bits per heavy atom. The van der Waals surface area contributed by atoms with Crippen LogP contribution < -0.4 is 4.90 Å². The standard InChI is InChI=1S/C8H12N2O/c1-7-6-11-8(9-7)10-4-2-3-5-10/h6H,2-5H2,1H3. The van der Waals surface area contributed by atoms with Crippen LogP contribution in [0.5, 0.6) is 0 Å². The van der Waals surface area contributed by atoms with E-state index >= 15 is 0 Å². The van der Waals surface area contributed by atoms with E-state index in [-0.39, 0.29) is 0 Å². The molecule has 1 aliphatic heterocycles. The minimum absolute atomic E-state index is 0.792. The van der Waals surface area contributed by atoms with Crippen LogP contribution in [0.3, 0.4) is 0 Å². The van der Waals surface area contributed by atoms with Gasteiger partial charge < -0.3 is 9.32 Å². The quantitative estimate of drug-likeness (QED) is 0.612. The monoisotopic (exact) mass is 152 g/mol. The highest BCUT2D eigenvalue weighted by Crippen LogP contribution is 2.18. The minimum Gasteiger partial charge on any atom is -0.432 e. The summed E-state index contributed by atoms with van der Waals surface area (Å²) in [5.41, 5.74) is 0.965. The zero-order chi connectivity index (χ0) is 7.68. The van der Waals surface area contributed by atoms with E-state index in [0.717, 1.165) is 24.8 Å². The van der Waals surface area contributed by atoms with Crippen LogP contribution in [0.1, 0.15) is 18.5 Å². The Hall–Kier alpha value is -0.990. The molecule has 0 radical (unpaired) electrons. The van der Waals surface area contributed by atoms with Crippen molar-refractivity contribution in [2.75, 3.05) is 18.0 Å². The van der Waals surface area contributed by atoms with Gasteiger partial charge in [-0.3, -0.25) is 0 Å². The van der Waals surface area contributed by atoms with Gasteiger partial charge in [0.1, 0.15) is 6.26 Å². The predicted molar refractivity (Wildman–Crippen MR) is 42.7 cm³/mol. The lowest BCUT2D eigenvalue weighted by Gasteiger charge is -2.10. The maximum absolute atomic E-state index is 5.26. The highest BCUT2D eigenvalue weighted by atomic mass is 16.4. The second-order valence-electron chi connectivity index (χ2n) is 2.97. The topological polar surface area (TPSA) is 29.3 Å². The van der Waals surface area contributed by atoms with E-state index in [1.165, 1.54) is 12.8 Å². The fraction of sp³-hybridized carbons (Fsp3) is 0.625. The molecular weight excluding hydrogens is 140 g/mol. The van der Waals surface area contributed by atoms with E-state index in [0.29, 0.717) is 0 Å². The zero-order valence-electron chi connectivity index (χ0n) is 6.71. The highest BCUT2D eigenvalue weighted by Gasteiger charge is 2.15. The van der Waals surface area contributed by atoms with Gasteiger partial charge in [0.05, 0.1) is 5.69 Å². The molecule has 0 spiro atoms. The number of anilines is 1. The Balaban J connectivity index is 2.15. The van der Waals surface area contributed by atoms with Crippen molar-refractivity contribution in [2.45, 2.75) is 19.8 Å². The van der Waals surface area contributed by atoms with Gasteiger partial charge in [-0.25, -0.2) is 0 Å². The molecule has 1 fully saturated rings. The summed E-state index contributed by atoms with van der Waals surface area (Å²) in [6, 6.07) is 0.792. The second-order valence-corrected chi connectivity index (χ2v) is 2.97. The van der Waals surface area contributed by atoms with Gasteiger partial charge in [0.25, 0.3) is 6.01 Å². The van der Waals surface area contributed by atoms with Crippen LogP contribution in [0, 0.1) is 6.92 Å². The minimum atomic E-state index is 0.792. The van der Waals surface area contributed by atoms with Crippen LogP contribution in [-0.2, 0) is 0 Å². The van der Waals surface area contributed by atoms with E-state index in [4.69, 9.17) is 4.42 Å². The predicted octanol–water partition coefficient (Wildman–Crippen LogP) is 1.58. The van der Waals surface area contributed by atoms with Gasteiger partial charge in [0.2, 0.25) is 0 Å². The van der Waals surface area contributed by atoms with Crippen LogP contribution >= 0.6 is 0 Å². The summed E-state index contributed by atoms with van der Waals surface area (Å²) in [4.78, 5) is 6.44. The number of nitrogens with zero attached hydrogens (tertiary/aromatic N) is 2. The molecule has 0 bridgehead atoms. The first kappa shape index (κ1) is 6.70. The summed E-state index contributed by atoms with van der Waals surface area (Å²) in [5, 5.41) is 0. The first-order valence-corrected chi connectivity index (χ1v) is 4.03. The molecule has 3 heteroatoms. The average molecular weight is 152 g/mol. The molecule has 0 aliphatic carbocycles. The van der Waals surface area contributed by atoms with Crippen LogP contribution in [0.15, 0.2) is 10.7 Å². The Bertz CT molecular complexity index is 238. The molecular formula is C8H12N2O. The van der Waals surface area contributed by atoms with Gasteiger partial charge in [0, 0.05) is 13.1 Å². The number of hydrogen-bond acceptors (Lipinski definition) is 3. The normalized spacial score (nSPS) is 17.7. The van der Waals surface area contributed by atoms with E-state index < -0.39 is 0 Å². The third-order valence-corrected chi connectivity index (χ3v) is 1.98. The van der Waals surface area contributed by atoms with E-state index in [1.807, 2.05) is 6.92 Å². The molecule has 2 rings (SSSR count). The maximum Gasteiger partial charge on any atom is 0.297 e. The van der Waals surface area contributed by atoms with Gasteiger partial charge in [-0.15, -0.1) is 0 Å². The second kappa shape index (κ2) is 2.57. The Kier molecular flexibility index (Phi) is 1.56. The lowest BCUT2D eigenvalue weighted by molar-refractivity contribution is 0.546. The lowest BCUT2D eigenvalue weighted by atomic mass is 10.4. The first-order valence-electron chi connectivity index (χ1n) is 4.03. The summed E-state index contributed by atoms with van der Waals surface area (Å²) in [5.74, 6) is 0.